The van der Waals surface area contributed by atoms with Crippen molar-refractivity contribution in [3.8, 4) is 11.5 Å². The number of nitrogens with two attached hydrogens (primary N) is 1. The van der Waals surface area contributed by atoms with Crippen LogP contribution in [0.2, 0.25) is 0 Å². The average Bonchev–Trinajstić information content (AvgIpc) is 2.74. The molecule has 5 heteroatoms. The van der Waals surface area contributed by atoms with E-state index in [0.29, 0.717) is 17.0 Å². The number of fused-ring (bicyclic) bond motifs is 1. The zero-order chi connectivity index (χ0) is 11.8. The molecule has 0 unspecified atom stereocenters. The first-order chi connectivity index (χ1) is 8.24. The lowest BCUT2D eigenvalue weighted by molar-refractivity contribution is 0.615. The van der Waals surface area contributed by atoms with E-state index in [1.165, 1.54) is 12.1 Å². The van der Waals surface area contributed by atoms with Gasteiger partial charge in [0.05, 0.1) is 11.3 Å². The van der Waals surface area contributed by atoms with Crippen LogP contribution in [0.1, 0.15) is 0 Å². The van der Waals surface area contributed by atoms with Crippen molar-refractivity contribution in [3.63, 3.8) is 0 Å². The second kappa shape index (κ2) is 3.55. The molecule has 2 aromatic heterocycles. The molecule has 0 aliphatic heterocycles. The smallest absolute Gasteiger partial charge is 0.228 e. The molecule has 4 nitrogen and oxygen atoms in total. The van der Waals surface area contributed by atoms with Crippen LogP contribution in [0.5, 0.6) is 0 Å². The summed E-state index contributed by atoms with van der Waals surface area (Å²) in [5.41, 5.74) is 7.42. The second-order valence-corrected chi connectivity index (χ2v) is 3.60. The maximum atomic E-state index is 13.1. The van der Waals surface area contributed by atoms with Crippen LogP contribution in [0, 0.1) is 5.82 Å². The molecule has 0 amide bonds. The van der Waals surface area contributed by atoms with Gasteiger partial charge in [0.15, 0.2) is 5.58 Å². The molecule has 84 valence electrons. The number of nitrogen functional groups attached to an aromatic ring is 1. The van der Waals surface area contributed by atoms with Crippen molar-refractivity contribution in [1.29, 1.82) is 0 Å². The van der Waals surface area contributed by atoms with Crippen LogP contribution >= 0.6 is 0 Å². The fraction of sp³-hybridized carbons (Fsp3) is 0. The zero-order valence-corrected chi connectivity index (χ0v) is 8.72. The Morgan fingerprint density at radius 3 is 2.94 bits per heavy atom. The molecule has 0 atom stereocenters. The number of benzene rings is 1. The first-order valence-corrected chi connectivity index (χ1v) is 5.00. The van der Waals surface area contributed by atoms with Crippen LogP contribution in [0.4, 0.5) is 10.1 Å². The molecule has 0 saturated carbocycles. The molecule has 17 heavy (non-hydrogen) atoms. The van der Waals surface area contributed by atoms with E-state index in [0.717, 1.165) is 5.56 Å². The Hall–Kier alpha value is -2.43. The highest BCUT2D eigenvalue weighted by atomic mass is 19.1. The maximum absolute atomic E-state index is 13.1. The number of oxazole rings is 1. The van der Waals surface area contributed by atoms with Crippen molar-refractivity contribution in [3.05, 3.63) is 42.5 Å². The monoisotopic (exact) mass is 229 g/mol. The minimum absolute atomic E-state index is 0.239. The summed E-state index contributed by atoms with van der Waals surface area (Å²) in [7, 11) is 0. The molecule has 1 aromatic carbocycles. The van der Waals surface area contributed by atoms with Gasteiger partial charge in [-0.25, -0.2) is 9.37 Å². The largest absolute Gasteiger partial charge is 0.434 e. The molecule has 0 radical (unpaired) electrons. The predicted molar refractivity (Wildman–Crippen MR) is 61.6 cm³/mol. The van der Waals surface area contributed by atoms with E-state index in [4.69, 9.17) is 10.2 Å². The normalized spacial score (nSPS) is 10.9. The molecule has 0 saturated heterocycles. The van der Waals surface area contributed by atoms with Crippen LogP contribution in [0.3, 0.4) is 0 Å². The van der Waals surface area contributed by atoms with Crippen molar-refractivity contribution >= 4 is 16.8 Å². The van der Waals surface area contributed by atoms with E-state index in [2.05, 4.69) is 9.97 Å². The van der Waals surface area contributed by atoms with Gasteiger partial charge in [-0.3, -0.25) is 4.98 Å². The summed E-state index contributed by atoms with van der Waals surface area (Å²) in [6, 6.07) is 6.08. The number of aromatic nitrogens is 2. The van der Waals surface area contributed by atoms with Gasteiger partial charge in [0.25, 0.3) is 0 Å². The first-order valence-electron chi connectivity index (χ1n) is 5.00. The van der Waals surface area contributed by atoms with E-state index >= 15 is 0 Å². The third-order valence-corrected chi connectivity index (χ3v) is 2.39. The summed E-state index contributed by atoms with van der Waals surface area (Å²) < 4.78 is 18.6. The molecule has 0 aliphatic rings. The van der Waals surface area contributed by atoms with Gasteiger partial charge in [0, 0.05) is 24.5 Å². The SMILES string of the molecule is Nc1cc(F)cc2nc(-c3cccnc3)oc12. The first kappa shape index (κ1) is 9.77. The Morgan fingerprint density at radius 2 is 2.18 bits per heavy atom. The Kier molecular flexibility index (Phi) is 2.04. The zero-order valence-electron chi connectivity index (χ0n) is 8.72. The molecular weight excluding hydrogens is 221 g/mol. The Morgan fingerprint density at radius 1 is 1.29 bits per heavy atom. The van der Waals surface area contributed by atoms with Gasteiger partial charge in [0.1, 0.15) is 11.3 Å². The quantitative estimate of drug-likeness (QED) is 0.651. The third kappa shape index (κ3) is 1.61. The molecule has 0 bridgehead atoms. The van der Waals surface area contributed by atoms with Crippen LogP contribution in [-0.2, 0) is 0 Å². The van der Waals surface area contributed by atoms with Gasteiger partial charge >= 0.3 is 0 Å². The fourth-order valence-corrected chi connectivity index (χ4v) is 1.64. The topological polar surface area (TPSA) is 64.9 Å². The highest BCUT2D eigenvalue weighted by Gasteiger charge is 2.11. The Bertz CT molecular complexity index is 679. The number of nitrogens with zero attached hydrogens (tertiary/aromatic N) is 2. The summed E-state index contributed by atoms with van der Waals surface area (Å²) in [4.78, 5) is 8.14. The number of hydrogen-bond acceptors (Lipinski definition) is 4. The van der Waals surface area contributed by atoms with E-state index in [9.17, 15) is 4.39 Å². The van der Waals surface area contributed by atoms with Gasteiger partial charge in [0.2, 0.25) is 5.89 Å². The van der Waals surface area contributed by atoms with Crippen molar-refractivity contribution < 1.29 is 8.81 Å². The molecule has 3 aromatic rings. The van der Waals surface area contributed by atoms with Crippen molar-refractivity contribution in [2.45, 2.75) is 0 Å². The molecule has 0 aliphatic carbocycles. The van der Waals surface area contributed by atoms with Crippen molar-refractivity contribution in [1.82, 2.24) is 9.97 Å². The van der Waals surface area contributed by atoms with Crippen molar-refractivity contribution in [2.24, 2.45) is 0 Å². The van der Waals surface area contributed by atoms with Crippen LogP contribution < -0.4 is 5.73 Å². The molecule has 3 rings (SSSR count). The molecule has 0 fully saturated rings. The summed E-state index contributed by atoms with van der Waals surface area (Å²) >= 11 is 0. The van der Waals surface area contributed by atoms with E-state index in [1.54, 1.807) is 18.5 Å². The van der Waals surface area contributed by atoms with Crippen LogP contribution in [0.15, 0.2) is 41.1 Å². The highest BCUT2D eigenvalue weighted by Crippen LogP contribution is 2.28. The van der Waals surface area contributed by atoms with Gasteiger partial charge in [-0.1, -0.05) is 0 Å². The standard InChI is InChI=1S/C12H8FN3O/c13-8-4-9(14)11-10(5-8)16-12(17-11)7-2-1-3-15-6-7/h1-6H,14H2. The number of anilines is 1. The number of pyridine rings is 1. The minimum Gasteiger partial charge on any atom is -0.434 e. The van der Waals surface area contributed by atoms with Gasteiger partial charge in [-0.15, -0.1) is 0 Å². The Balaban J connectivity index is 2.24. The number of halogens is 1. The minimum atomic E-state index is -0.430. The summed E-state index contributed by atoms with van der Waals surface area (Å²) in [5.74, 6) is -0.0496. The lowest BCUT2D eigenvalue weighted by atomic mass is 10.3. The molecule has 0 spiro atoms. The molecule has 2 heterocycles. The van der Waals surface area contributed by atoms with Gasteiger partial charge in [-0.2, -0.15) is 0 Å². The third-order valence-electron chi connectivity index (χ3n) is 2.39. The second-order valence-electron chi connectivity index (χ2n) is 3.60. The average molecular weight is 229 g/mol. The van der Waals surface area contributed by atoms with Crippen molar-refractivity contribution in [2.75, 3.05) is 5.73 Å². The number of rotatable bonds is 1. The van der Waals surface area contributed by atoms with E-state index in [-0.39, 0.29) is 5.69 Å². The van der Waals surface area contributed by atoms with E-state index < -0.39 is 5.82 Å². The number of hydrogen-bond donors (Lipinski definition) is 1. The van der Waals surface area contributed by atoms with Crippen LogP contribution in [0.25, 0.3) is 22.6 Å². The molecular formula is C12H8FN3O. The lowest BCUT2D eigenvalue weighted by Crippen LogP contribution is -1.86. The fourth-order valence-electron chi connectivity index (χ4n) is 1.64. The van der Waals surface area contributed by atoms with Crippen LogP contribution in [-0.4, -0.2) is 9.97 Å². The Labute approximate surface area is 95.9 Å². The lowest BCUT2D eigenvalue weighted by Gasteiger charge is -1.93. The van der Waals surface area contributed by atoms with Gasteiger partial charge < -0.3 is 10.2 Å². The van der Waals surface area contributed by atoms with E-state index in [1.807, 2.05) is 6.07 Å². The van der Waals surface area contributed by atoms with Gasteiger partial charge in [-0.05, 0) is 12.1 Å². The summed E-state index contributed by atoms with van der Waals surface area (Å²) in [5, 5.41) is 0. The predicted octanol–water partition coefficient (Wildman–Crippen LogP) is 2.61. The highest BCUT2D eigenvalue weighted by molar-refractivity contribution is 5.86. The summed E-state index contributed by atoms with van der Waals surface area (Å²) in [6.45, 7) is 0. The maximum Gasteiger partial charge on any atom is 0.228 e. The summed E-state index contributed by atoms with van der Waals surface area (Å²) in [6.07, 6.45) is 3.28. The molecule has 2 N–H and O–H groups in total.